The average Bonchev–Trinajstić information content (AvgIpc) is 3.50. The number of carbonyl (C=O) groups is 1. The molecule has 3 fully saturated rings. The number of benzene rings is 3. The van der Waals surface area contributed by atoms with Crippen LogP contribution in [0.15, 0.2) is 78.9 Å². The van der Waals surface area contributed by atoms with Gasteiger partial charge in [0.15, 0.2) is 0 Å². The first-order chi connectivity index (χ1) is 20.5. The predicted octanol–water partition coefficient (Wildman–Crippen LogP) is 6.65. The Kier molecular flexibility index (Phi) is 7.07. The first-order valence-corrected chi connectivity index (χ1v) is 15.6. The molecule has 4 aromatic rings. The summed E-state index contributed by atoms with van der Waals surface area (Å²) in [5.74, 6) is 1.17. The Bertz CT molecular complexity index is 1610. The van der Waals surface area contributed by atoms with Crippen LogP contribution in [-0.4, -0.2) is 57.0 Å². The molecule has 3 aliphatic heterocycles. The van der Waals surface area contributed by atoms with Crippen molar-refractivity contribution in [2.45, 2.75) is 75.4 Å². The first kappa shape index (κ1) is 26.9. The van der Waals surface area contributed by atoms with Crippen molar-refractivity contribution in [3.05, 3.63) is 101 Å². The zero-order valence-electron chi connectivity index (χ0n) is 24.5. The Morgan fingerprint density at radius 1 is 0.929 bits per heavy atom. The van der Waals surface area contributed by atoms with E-state index in [0.717, 1.165) is 50.2 Å². The number of carbonyl (C=O) groups excluding carboxylic acids is 1. The van der Waals surface area contributed by atoms with Crippen LogP contribution in [0.3, 0.4) is 0 Å². The number of aryl methyl sites for hydroxylation is 1. The lowest BCUT2D eigenvalue weighted by molar-refractivity contribution is 0.0607. The summed E-state index contributed by atoms with van der Waals surface area (Å²) in [4.78, 5) is 23.0. The van der Waals surface area contributed by atoms with E-state index in [1.54, 1.807) is 18.2 Å². The van der Waals surface area contributed by atoms with Crippen LogP contribution in [0.4, 0.5) is 0 Å². The van der Waals surface area contributed by atoms with Gasteiger partial charge in [0.2, 0.25) is 0 Å². The van der Waals surface area contributed by atoms with Gasteiger partial charge in [0.25, 0.3) is 5.91 Å². The number of nitriles is 1. The highest BCUT2D eigenvalue weighted by atomic mass is 16.2. The van der Waals surface area contributed by atoms with Gasteiger partial charge in [0.05, 0.1) is 22.7 Å². The number of likely N-dealkylation sites (tertiary alicyclic amines) is 1. The molecule has 42 heavy (non-hydrogen) atoms. The number of para-hydroxylation sites is 2. The fraction of sp³-hybridized carbons (Fsp3) is 0.417. The molecule has 7 rings (SSSR count). The van der Waals surface area contributed by atoms with Gasteiger partial charge in [0, 0.05) is 36.8 Å². The van der Waals surface area contributed by atoms with E-state index in [0.29, 0.717) is 29.3 Å². The molecule has 1 amide bonds. The lowest BCUT2D eigenvalue weighted by Gasteiger charge is -2.45. The molecule has 4 heterocycles. The average molecular weight is 558 g/mol. The Labute approximate surface area is 248 Å². The van der Waals surface area contributed by atoms with Gasteiger partial charge in [-0.2, -0.15) is 5.26 Å². The van der Waals surface area contributed by atoms with Crippen molar-refractivity contribution in [3.63, 3.8) is 0 Å². The molecule has 0 saturated carbocycles. The van der Waals surface area contributed by atoms with Gasteiger partial charge >= 0.3 is 0 Å². The minimum atomic E-state index is 0.0381. The van der Waals surface area contributed by atoms with Gasteiger partial charge in [-0.25, -0.2) is 4.98 Å². The second kappa shape index (κ2) is 11.0. The maximum absolute atomic E-state index is 13.4. The topological polar surface area (TPSA) is 65.2 Å². The SMILES string of the molecule is Cc1nc2ccccc2n1[C@H]1C[C@H]2CC[C@@H](C1)N2CCC1(c2ccccc2)CCN(C(=O)c2cccc(C#N)c2)CC1. The third-order valence-electron chi connectivity index (χ3n) is 10.5. The fourth-order valence-electron chi connectivity index (χ4n) is 8.31. The lowest BCUT2D eigenvalue weighted by atomic mass is 9.70. The summed E-state index contributed by atoms with van der Waals surface area (Å²) in [6, 6.07) is 30.6. The molecular formula is C36H39N5O. The molecule has 0 unspecified atom stereocenters. The second-order valence-corrected chi connectivity index (χ2v) is 12.6. The number of imidazole rings is 1. The Morgan fingerprint density at radius 2 is 1.64 bits per heavy atom. The van der Waals surface area contributed by atoms with Crippen molar-refractivity contribution >= 4 is 16.9 Å². The molecule has 2 bridgehead atoms. The quantitative estimate of drug-likeness (QED) is 0.266. The van der Waals surface area contributed by atoms with Crippen molar-refractivity contribution in [1.29, 1.82) is 5.26 Å². The van der Waals surface area contributed by atoms with Gasteiger partial charge < -0.3 is 9.47 Å². The van der Waals surface area contributed by atoms with Gasteiger partial charge in [-0.1, -0.05) is 48.5 Å². The van der Waals surface area contributed by atoms with E-state index in [-0.39, 0.29) is 11.3 Å². The molecule has 0 N–H and O–H groups in total. The van der Waals surface area contributed by atoms with Gasteiger partial charge in [-0.15, -0.1) is 0 Å². The third kappa shape index (κ3) is 4.80. The molecule has 1 aromatic heterocycles. The maximum atomic E-state index is 13.4. The van der Waals surface area contributed by atoms with Crippen LogP contribution in [0.1, 0.15) is 78.3 Å². The van der Waals surface area contributed by atoms with Crippen molar-refractivity contribution in [1.82, 2.24) is 19.4 Å². The highest BCUT2D eigenvalue weighted by molar-refractivity contribution is 5.94. The van der Waals surface area contributed by atoms with Gasteiger partial charge in [-0.3, -0.25) is 9.69 Å². The molecular weight excluding hydrogens is 518 g/mol. The van der Waals surface area contributed by atoms with E-state index >= 15 is 0 Å². The van der Waals surface area contributed by atoms with E-state index in [2.05, 4.69) is 77.1 Å². The van der Waals surface area contributed by atoms with Crippen LogP contribution < -0.4 is 0 Å². The number of hydrogen-bond donors (Lipinski definition) is 0. The number of amides is 1. The van der Waals surface area contributed by atoms with E-state index in [9.17, 15) is 10.1 Å². The second-order valence-electron chi connectivity index (χ2n) is 12.6. The highest BCUT2D eigenvalue weighted by Crippen LogP contribution is 2.45. The summed E-state index contributed by atoms with van der Waals surface area (Å²) in [6.07, 6.45) is 8.01. The van der Waals surface area contributed by atoms with Crippen LogP contribution in [0.2, 0.25) is 0 Å². The Morgan fingerprint density at radius 3 is 2.38 bits per heavy atom. The molecule has 3 aromatic carbocycles. The Hall–Kier alpha value is -3.95. The smallest absolute Gasteiger partial charge is 0.253 e. The number of rotatable bonds is 6. The number of nitrogens with zero attached hydrogens (tertiary/aromatic N) is 5. The molecule has 214 valence electrons. The standard InChI is InChI=1S/C36H39N5O/c1-26-38-33-12-5-6-13-34(33)41(26)32-23-30-14-15-31(24-32)40(30)21-18-36(29-10-3-2-4-11-29)16-19-39(20-17-36)35(42)28-9-7-8-27(22-28)25-37/h2-13,22,30-32H,14-21,23-24H2,1H3/t30-,31+,32+. The predicted molar refractivity (Wildman–Crippen MR) is 165 cm³/mol. The number of piperidine rings is 2. The van der Waals surface area contributed by atoms with E-state index < -0.39 is 0 Å². The molecule has 0 radical (unpaired) electrons. The van der Waals surface area contributed by atoms with Gasteiger partial charge in [0.1, 0.15) is 5.82 Å². The van der Waals surface area contributed by atoms with Crippen LogP contribution in [0.5, 0.6) is 0 Å². The maximum Gasteiger partial charge on any atom is 0.253 e. The molecule has 0 aliphatic carbocycles. The van der Waals surface area contributed by atoms with Crippen molar-refractivity contribution in [3.8, 4) is 6.07 Å². The minimum absolute atomic E-state index is 0.0381. The van der Waals surface area contributed by atoms with Crippen LogP contribution in [0.25, 0.3) is 11.0 Å². The first-order valence-electron chi connectivity index (χ1n) is 15.6. The van der Waals surface area contributed by atoms with Crippen LogP contribution in [-0.2, 0) is 5.41 Å². The van der Waals surface area contributed by atoms with Gasteiger partial charge in [-0.05, 0) is 99.7 Å². The fourth-order valence-corrected chi connectivity index (χ4v) is 8.31. The molecule has 3 atom stereocenters. The van der Waals surface area contributed by atoms with Crippen molar-refractivity contribution < 1.29 is 4.79 Å². The van der Waals surface area contributed by atoms with E-state index in [1.165, 1.54) is 36.8 Å². The molecule has 6 nitrogen and oxygen atoms in total. The summed E-state index contributed by atoms with van der Waals surface area (Å²) < 4.78 is 2.52. The molecule has 3 aliphatic rings. The number of fused-ring (bicyclic) bond motifs is 3. The van der Waals surface area contributed by atoms with Crippen LogP contribution >= 0.6 is 0 Å². The molecule has 3 saturated heterocycles. The summed E-state index contributed by atoms with van der Waals surface area (Å²) in [5, 5.41) is 9.29. The zero-order chi connectivity index (χ0) is 28.7. The summed E-state index contributed by atoms with van der Waals surface area (Å²) >= 11 is 0. The third-order valence-corrected chi connectivity index (χ3v) is 10.5. The highest BCUT2D eigenvalue weighted by Gasteiger charge is 2.44. The number of hydrogen-bond acceptors (Lipinski definition) is 4. The summed E-state index contributed by atoms with van der Waals surface area (Å²) in [6.45, 7) is 4.76. The van der Waals surface area contributed by atoms with E-state index in [4.69, 9.17) is 4.98 Å². The molecule has 6 heteroatoms. The van der Waals surface area contributed by atoms with E-state index in [1.807, 2.05) is 11.0 Å². The minimum Gasteiger partial charge on any atom is -0.339 e. The van der Waals surface area contributed by atoms with Crippen molar-refractivity contribution in [2.24, 2.45) is 0 Å². The zero-order valence-corrected chi connectivity index (χ0v) is 24.5. The summed E-state index contributed by atoms with van der Waals surface area (Å²) in [5.41, 5.74) is 5.01. The van der Waals surface area contributed by atoms with Crippen LogP contribution in [0, 0.1) is 18.3 Å². The largest absolute Gasteiger partial charge is 0.339 e. The number of aromatic nitrogens is 2. The normalized spacial score (nSPS) is 23.6. The Balaban J connectivity index is 1.06. The van der Waals surface area contributed by atoms with Crippen molar-refractivity contribution in [2.75, 3.05) is 19.6 Å². The summed E-state index contributed by atoms with van der Waals surface area (Å²) in [7, 11) is 0. The monoisotopic (exact) mass is 557 g/mol. The lowest BCUT2D eigenvalue weighted by Crippen LogP contribution is -2.49. The molecule has 0 spiro atoms.